The van der Waals surface area contributed by atoms with Gasteiger partial charge in [0.15, 0.2) is 0 Å². The molecule has 0 radical (unpaired) electrons. The van der Waals surface area contributed by atoms with E-state index in [9.17, 15) is 0 Å². The number of hydrogen-bond donors (Lipinski definition) is 0. The van der Waals surface area contributed by atoms with Gasteiger partial charge in [-0.05, 0) is 103 Å². The number of aromatic nitrogens is 2. The molecule has 0 bridgehead atoms. The number of aryl methyl sites for hydroxylation is 1. The van der Waals surface area contributed by atoms with Crippen molar-refractivity contribution in [2.75, 3.05) is 0 Å². The van der Waals surface area contributed by atoms with E-state index >= 15 is 0 Å². The Morgan fingerprint density at radius 2 is 1.27 bits per heavy atom. The van der Waals surface area contributed by atoms with Gasteiger partial charge in [-0.3, -0.25) is 0 Å². The molecule has 0 fully saturated rings. The maximum Gasteiger partial charge on any atom is 0.294 e. The van der Waals surface area contributed by atoms with Crippen LogP contribution in [-0.2, 0) is 13.5 Å². The third-order valence-electron chi connectivity index (χ3n) is 11.0. The Balaban J connectivity index is 1.59. The largest absolute Gasteiger partial charge is 0.294 e. The predicted molar refractivity (Wildman–Crippen MR) is 214 cm³/mol. The van der Waals surface area contributed by atoms with Gasteiger partial charge in [-0.1, -0.05) is 135 Å². The van der Waals surface area contributed by atoms with Gasteiger partial charge in [0.1, 0.15) is 18.1 Å². The molecule has 0 spiro atoms. The van der Waals surface area contributed by atoms with Gasteiger partial charge in [-0.25, -0.2) is 4.57 Å². The molecule has 2 heteroatoms. The van der Waals surface area contributed by atoms with Crippen LogP contribution in [-0.4, -0.2) is 4.57 Å². The topological polar surface area (TPSA) is 8.81 Å². The first-order valence-electron chi connectivity index (χ1n) is 17.9. The Morgan fingerprint density at radius 3 is 1.88 bits per heavy atom. The van der Waals surface area contributed by atoms with E-state index in [1.165, 1.54) is 66.4 Å². The molecule has 1 heterocycles. The molecule has 0 saturated heterocycles. The highest BCUT2D eigenvalue weighted by molar-refractivity contribution is 6.15. The summed E-state index contributed by atoms with van der Waals surface area (Å²) in [5.74, 6) is 2.44. The molecule has 0 unspecified atom stereocenters. The Labute approximate surface area is 294 Å². The number of fused-ring (bicyclic) bond motifs is 3. The molecule has 1 aromatic heterocycles. The van der Waals surface area contributed by atoms with E-state index in [-0.39, 0.29) is 5.41 Å². The van der Waals surface area contributed by atoms with Crippen LogP contribution in [0.5, 0.6) is 0 Å². The molecule has 250 valence electrons. The van der Waals surface area contributed by atoms with E-state index in [0.29, 0.717) is 17.8 Å². The smallest absolute Gasteiger partial charge is 0.232 e. The van der Waals surface area contributed by atoms with Gasteiger partial charge in [0.2, 0.25) is 0 Å². The van der Waals surface area contributed by atoms with Gasteiger partial charge in [0, 0.05) is 11.1 Å². The summed E-state index contributed by atoms with van der Waals surface area (Å²) < 4.78 is 4.76. The lowest BCUT2D eigenvalue weighted by atomic mass is 9.75. The Kier molecular flexibility index (Phi) is 9.29. The van der Waals surface area contributed by atoms with Gasteiger partial charge >= 0.3 is 0 Å². The molecule has 0 aliphatic carbocycles. The van der Waals surface area contributed by atoms with E-state index < -0.39 is 0 Å². The summed E-state index contributed by atoms with van der Waals surface area (Å²) in [7, 11) is 2.18. The molecular formula is C47H53N2+. The lowest BCUT2D eigenvalue weighted by Gasteiger charge is -2.30. The van der Waals surface area contributed by atoms with Crippen LogP contribution in [0, 0.1) is 11.3 Å². The molecule has 49 heavy (non-hydrogen) atoms. The summed E-state index contributed by atoms with van der Waals surface area (Å²) in [6.45, 7) is 27.2. The lowest BCUT2D eigenvalue weighted by molar-refractivity contribution is -0.659. The van der Waals surface area contributed by atoms with E-state index in [4.69, 9.17) is 0 Å². The number of rotatable bonds is 10. The van der Waals surface area contributed by atoms with Crippen molar-refractivity contribution in [3.05, 3.63) is 132 Å². The Bertz CT molecular complexity index is 2170. The molecule has 0 atom stereocenters. The van der Waals surface area contributed by atoms with Gasteiger partial charge < -0.3 is 0 Å². The summed E-state index contributed by atoms with van der Waals surface area (Å²) in [4.78, 5) is 0. The summed E-state index contributed by atoms with van der Waals surface area (Å²) in [6, 6.07) is 29.5. The lowest BCUT2D eigenvalue weighted by Crippen LogP contribution is -2.30. The van der Waals surface area contributed by atoms with Gasteiger partial charge in [0.05, 0.1) is 12.6 Å². The van der Waals surface area contributed by atoms with Crippen molar-refractivity contribution in [2.45, 2.75) is 73.6 Å². The van der Waals surface area contributed by atoms with Crippen LogP contribution in [0.3, 0.4) is 0 Å². The van der Waals surface area contributed by atoms with E-state index in [2.05, 4.69) is 176 Å². The quantitative estimate of drug-likeness (QED) is 0.104. The molecule has 0 aliphatic rings. The van der Waals surface area contributed by atoms with Crippen LogP contribution in [0.4, 0.5) is 0 Å². The van der Waals surface area contributed by atoms with Crippen molar-refractivity contribution in [3.63, 3.8) is 0 Å². The standard InChI is InChI=1S/C47H53N2/c1-12-36-37(13-2)44-26-33(22-23-41(44)40-21-17-16-20-39(36)40)35-27-42(30(3)4)45(43(28-35)31(5)6)49-25-24-48(11)46(49)38-19-15-14-18-34(38)29-47(9,10)32(7)8/h12-28,30-32H,1-2,29H2,3-11H3/q+1. The molecule has 6 rings (SSSR count). The van der Waals surface area contributed by atoms with Crippen molar-refractivity contribution in [1.82, 2.24) is 4.57 Å². The second-order valence-corrected chi connectivity index (χ2v) is 15.4. The van der Waals surface area contributed by atoms with Crippen molar-refractivity contribution in [3.8, 4) is 28.2 Å². The molecule has 0 N–H and O–H groups in total. The second kappa shape index (κ2) is 13.3. The molecule has 6 aromatic rings. The zero-order valence-electron chi connectivity index (χ0n) is 31.1. The molecule has 2 nitrogen and oxygen atoms in total. The van der Waals surface area contributed by atoms with Crippen LogP contribution >= 0.6 is 0 Å². The van der Waals surface area contributed by atoms with E-state index in [0.717, 1.165) is 17.5 Å². The maximum atomic E-state index is 4.24. The maximum absolute atomic E-state index is 4.24. The minimum absolute atomic E-state index is 0.184. The second-order valence-electron chi connectivity index (χ2n) is 15.4. The zero-order valence-corrected chi connectivity index (χ0v) is 31.1. The number of hydrogen-bond acceptors (Lipinski definition) is 0. The fourth-order valence-corrected chi connectivity index (χ4v) is 7.44. The van der Waals surface area contributed by atoms with Gasteiger partial charge in [-0.2, -0.15) is 4.57 Å². The first-order chi connectivity index (χ1) is 23.4. The van der Waals surface area contributed by atoms with Gasteiger partial charge in [0.25, 0.3) is 5.82 Å². The number of imidazole rings is 1. The molecular weight excluding hydrogens is 593 g/mol. The van der Waals surface area contributed by atoms with Crippen molar-refractivity contribution < 1.29 is 4.57 Å². The summed E-state index contributed by atoms with van der Waals surface area (Å²) >= 11 is 0. The average Bonchev–Trinajstić information content (AvgIpc) is 3.46. The van der Waals surface area contributed by atoms with Crippen LogP contribution in [0.2, 0.25) is 0 Å². The summed E-state index contributed by atoms with van der Waals surface area (Å²) in [5.41, 5.74) is 11.6. The number of nitrogens with zero attached hydrogens (tertiary/aromatic N) is 2. The molecule has 5 aromatic carbocycles. The van der Waals surface area contributed by atoms with Crippen molar-refractivity contribution >= 4 is 33.7 Å². The monoisotopic (exact) mass is 645 g/mol. The third-order valence-corrected chi connectivity index (χ3v) is 11.0. The van der Waals surface area contributed by atoms with Crippen LogP contribution in [0.25, 0.3) is 61.9 Å². The molecule has 0 aliphatic heterocycles. The van der Waals surface area contributed by atoms with Gasteiger partial charge in [-0.15, -0.1) is 0 Å². The van der Waals surface area contributed by atoms with Crippen LogP contribution < -0.4 is 4.57 Å². The number of benzene rings is 5. The average molecular weight is 646 g/mol. The molecule has 0 saturated carbocycles. The van der Waals surface area contributed by atoms with E-state index in [1.54, 1.807) is 0 Å². The summed E-state index contributed by atoms with van der Waals surface area (Å²) in [5, 5.41) is 4.92. The van der Waals surface area contributed by atoms with Crippen LogP contribution in [0.15, 0.2) is 104 Å². The third kappa shape index (κ3) is 6.07. The highest BCUT2D eigenvalue weighted by Gasteiger charge is 2.30. The zero-order chi connectivity index (χ0) is 35.2. The Hall–Kier alpha value is -4.69. The molecule has 0 amide bonds. The highest BCUT2D eigenvalue weighted by atomic mass is 15.1. The first-order valence-corrected chi connectivity index (χ1v) is 17.9. The fourth-order valence-electron chi connectivity index (χ4n) is 7.44. The normalized spacial score (nSPS) is 12.2. The van der Waals surface area contributed by atoms with E-state index in [1.807, 2.05) is 12.2 Å². The fraction of sp³-hybridized carbons (Fsp3) is 0.298. The highest BCUT2D eigenvalue weighted by Crippen LogP contribution is 2.41. The summed E-state index contributed by atoms with van der Waals surface area (Å²) in [6.07, 6.45) is 9.47. The van der Waals surface area contributed by atoms with Crippen LogP contribution in [0.1, 0.15) is 95.0 Å². The minimum atomic E-state index is 0.184. The first kappa shape index (κ1) is 34.2. The Morgan fingerprint density at radius 1 is 0.694 bits per heavy atom. The SMILES string of the molecule is C=Cc1c(C=C)c2cc(-c3cc(C(C)C)c(-n4cc[n+](C)c4-c4ccccc4CC(C)(C)C(C)C)c(C(C)C)c3)ccc2c2ccccc12. The van der Waals surface area contributed by atoms with Crippen molar-refractivity contribution in [1.29, 1.82) is 0 Å². The predicted octanol–water partition coefficient (Wildman–Crippen LogP) is 12.7. The minimum Gasteiger partial charge on any atom is -0.232 e. The van der Waals surface area contributed by atoms with Crippen molar-refractivity contribution in [2.24, 2.45) is 18.4 Å².